The normalized spacial score (nSPS) is 17.1. The molecule has 2 aromatic carbocycles. The Balaban J connectivity index is 1.30. The molecule has 2 aromatic heterocycles. The van der Waals surface area contributed by atoms with Crippen LogP contribution in [0.25, 0.3) is 21.3 Å². The van der Waals surface area contributed by atoms with Gasteiger partial charge in [0, 0.05) is 44.8 Å². The average molecular weight is 474 g/mol. The lowest BCUT2D eigenvalue weighted by Gasteiger charge is -2.32. The van der Waals surface area contributed by atoms with E-state index in [-0.39, 0.29) is 5.91 Å². The molecule has 8 nitrogen and oxygen atoms in total. The molecule has 174 valence electrons. The molecule has 4 heterocycles. The number of hydrogen-bond donors (Lipinski definition) is 1. The number of amides is 1. The number of nitrogens with one attached hydrogen (secondary N) is 1. The van der Waals surface area contributed by atoms with E-state index in [1.807, 2.05) is 47.4 Å². The SMILES string of the molecule is CN1CCN(C(=O)c2ccc3nc(Nc4nc5ccccc5nc4N4CCCC4)sc3c2)CC1. The summed E-state index contributed by atoms with van der Waals surface area (Å²) in [5, 5.41) is 4.19. The van der Waals surface area contributed by atoms with Gasteiger partial charge in [0.1, 0.15) is 0 Å². The van der Waals surface area contributed by atoms with Crippen LogP contribution in [0.4, 0.5) is 16.8 Å². The number of para-hydroxylation sites is 2. The molecule has 1 amide bonds. The largest absolute Gasteiger partial charge is 0.354 e. The smallest absolute Gasteiger partial charge is 0.253 e. The second-order valence-electron chi connectivity index (χ2n) is 9.00. The van der Waals surface area contributed by atoms with Gasteiger partial charge in [-0.3, -0.25) is 4.79 Å². The highest BCUT2D eigenvalue weighted by molar-refractivity contribution is 7.22. The third-order valence-electron chi connectivity index (χ3n) is 6.61. The molecular formula is C25H27N7OS. The molecule has 0 atom stereocenters. The van der Waals surface area contributed by atoms with Gasteiger partial charge in [0.05, 0.1) is 21.3 Å². The summed E-state index contributed by atoms with van der Waals surface area (Å²) in [6.07, 6.45) is 2.33. The van der Waals surface area contributed by atoms with Crippen molar-refractivity contribution in [3.8, 4) is 0 Å². The number of nitrogens with zero attached hydrogens (tertiary/aromatic N) is 6. The fourth-order valence-electron chi connectivity index (χ4n) is 4.63. The van der Waals surface area contributed by atoms with E-state index in [1.165, 1.54) is 24.2 Å². The van der Waals surface area contributed by atoms with Crippen LogP contribution in [0.1, 0.15) is 23.2 Å². The van der Waals surface area contributed by atoms with Crippen LogP contribution in [0.2, 0.25) is 0 Å². The standard InChI is InChI=1S/C25H27N7OS/c1-30-12-14-32(15-13-30)24(33)17-8-9-20-21(16-17)34-25(28-20)29-22-23(31-10-4-5-11-31)27-19-7-3-2-6-18(19)26-22/h2-3,6-9,16H,4-5,10-15H2,1H3,(H,26,28,29). The van der Waals surface area contributed by atoms with E-state index in [4.69, 9.17) is 15.0 Å². The van der Waals surface area contributed by atoms with E-state index < -0.39 is 0 Å². The van der Waals surface area contributed by atoms with Gasteiger partial charge in [0.25, 0.3) is 5.91 Å². The van der Waals surface area contributed by atoms with Crippen LogP contribution in [-0.2, 0) is 0 Å². The Morgan fingerprint density at radius 2 is 1.62 bits per heavy atom. The van der Waals surface area contributed by atoms with Gasteiger partial charge in [-0.15, -0.1) is 0 Å². The highest BCUT2D eigenvalue weighted by Gasteiger charge is 2.22. The number of benzene rings is 2. The molecule has 0 unspecified atom stereocenters. The number of piperazine rings is 1. The van der Waals surface area contributed by atoms with Crippen molar-refractivity contribution in [1.29, 1.82) is 0 Å². The second-order valence-corrected chi connectivity index (χ2v) is 10.0. The number of carbonyl (C=O) groups excluding carboxylic acids is 1. The van der Waals surface area contributed by atoms with Gasteiger partial charge in [-0.05, 0) is 50.2 Å². The zero-order valence-electron chi connectivity index (χ0n) is 19.2. The predicted molar refractivity (Wildman–Crippen MR) is 137 cm³/mol. The molecule has 2 aliphatic rings. The van der Waals surface area contributed by atoms with Crippen LogP contribution in [-0.4, -0.2) is 77.0 Å². The van der Waals surface area contributed by atoms with E-state index >= 15 is 0 Å². The zero-order valence-corrected chi connectivity index (χ0v) is 20.0. The summed E-state index contributed by atoms with van der Waals surface area (Å²) in [5.41, 5.74) is 3.34. The van der Waals surface area contributed by atoms with Gasteiger partial charge >= 0.3 is 0 Å². The second kappa shape index (κ2) is 8.81. The van der Waals surface area contributed by atoms with Crippen LogP contribution >= 0.6 is 11.3 Å². The quantitative estimate of drug-likeness (QED) is 0.481. The van der Waals surface area contributed by atoms with Crippen LogP contribution in [0.15, 0.2) is 42.5 Å². The Kier molecular flexibility index (Phi) is 5.50. The first-order valence-corrected chi connectivity index (χ1v) is 12.6. The summed E-state index contributed by atoms with van der Waals surface area (Å²) >= 11 is 1.54. The van der Waals surface area contributed by atoms with Crippen molar-refractivity contribution in [2.75, 3.05) is 56.5 Å². The molecule has 4 aromatic rings. The Morgan fingerprint density at radius 3 is 2.38 bits per heavy atom. The number of carbonyl (C=O) groups is 1. The summed E-state index contributed by atoms with van der Waals surface area (Å²) in [7, 11) is 2.09. The van der Waals surface area contributed by atoms with Gasteiger partial charge in [0.2, 0.25) is 0 Å². The number of aromatic nitrogens is 3. The zero-order chi connectivity index (χ0) is 23.1. The number of anilines is 3. The first-order chi connectivity index (χ1) is 16.6. The van der Waals surface area contributed by atoms with Crippen LogP contribution in [0.5, 0.6) is 0 Å². The Bertz CT molecular complexity index is 1360. The first kappa shape index (κ1) is 21.2. The number of rotatable bonds is 4. The molecule has 0 bridgehead atoms. The van der Waals surface area contributed by atoms with Gasteiger partial charge in [-0.1, -0.05) is 23.5 Å². The van der Waals surface area contributed by atoms with Crippen molar-refractivity contribution in [3.05, 3.63) is 48.0 Å². The molecule has 2 aliphatic heterocycles. The Labute approximate surface area is 202 Å². The molecule has 6 rings (SSSR count). The van der Waals surface area contributed by atoms with Gasteiger partial charge in [0.15, 0.2) is 16.8 Å². The molecule has 9 heteroatoms. The number of thiazole rings is 1. The number of likely N-dealkylation sites (N-methyl/N-ethyl adjacent to an activating group) is 1. The lowest BCUT2D eigenvalue weighted by Crippen LogP contribution is -2.47. The first-order valence-electron chi connectivity index (χ1n) is 11.8. The van der Waals surface area contributed by atoms with E-state index in [0.29, 0.717) is 0 Å². The van der Waals surface area contributed by atoms with Crippen molar-refractivity contribution in [3.63, 3.8) is 0 Å². The molecule has 0 saturated carbocycles. The molecule has 34 heavy (non-hydrogen) atoms. The van der Waals surface area contributed by atoms with Crippen LogP contribution in [0, 0.1) is 0 Å². The van der Waals surface area contributed by atoms with Crippen LogP contribution < -0.4 is 10.2 Å². The number of fused-ring (bicyclic) bond motifs is 2. The third-order valence-corrected chi connectivity index (χ3v) is 7.54. The third kappa shape index (κ3) is 4.05. The van der Waals surface area contributed by atoms with Gasteiger partial charge < -0.3 is 20.0 Å². The molecule has 2 saturated heterocycles. The van der Waals surface area contributed by atoms with E-state index in [2.05, 4.69) is 22.2 Å². The fraction of sp³-hybridized carbons (Fsp3) is 0.360. The Morgan fingerprint density at radius 1 is 0.882 bits per heavy atom. The fourth-order valence-corrected chi connectivity index (χ4v) is 5.53. The lowest BCUT2D eigenvalue weighted by molar-refractivity contribution is 0.0664. The van der Waals surface area contributed by atoms with Gasteiger partial charge in [-0.25, -0.2) is 15.0 Å². The van der Waals surface area contributed by atoms with Crippen molar-refractivity contribution in [2.45, 2.75) is 12.8 Å². The topological polar surface area (TPSA) is 77.5 Å². The molecular weight excluding hydrogens is 446 g/mol. The maximum atomic E-state index is 13.0. The average Bonchev–Trinajstić information content (AvgIpc) is 3.53. The minimum absolute atomic E-state index is 0.0922. The van der Waals surface area contributed by atoms with Crippen molar-refractivity contribution in [2.24, 2.45) is 0 Å². The summed E-state index contributed by atoms with van der Waals surface area (Å²) < 4.78 is 0.985. The Hall–Kier alpha value is -3.30. The maximum Gasteiger partial charge on any atom is 0.253 e. The monoisotopic (exact) mass is 473 g/mol. The minimum atomic E-state index is 0.0922. The van der Waals surface area contributed by atoms with Crippen molar-refractivity contribution >= 4 is 55.3 Å². The van der Waals surface area contributed by atoms with Crippen molar-refractivity contribution < 1.29 is 4.79 Å². The predicted octanol–water partition coefficient (Wildman–Crippen LogP) is 3.97. The van der Waals surface area contributed by atoms with E-state index in [1.54, 1.807) is 0 Å². The number of hydrogen-bond acceptors (Lipinski definition) is 8. The summed E-state index contributed by atoms with van der Waals surface area (Å²) in [6, 6.07) is 13.7. The highest BCUT2D eigenvalue weighted by Crippen LogP contribution is 2.33. The van der Waals surface area contributed by atoms with E-state index in [9.17, 15) is 4.79 Å². The minimum Gasteiger partial charge on any atom is -0.354 e. The molecule has 2 fully saturated rings. The molecule has 0 spiro atoms. The maximum absolute atomic E-state index is 13.0. The highest BCUT2D eigenvalue weighted by atomic mass is 32.1. The molecule has 1 N–H and O–H groups in total. The van der Waals surface area contributed by atoms with E-state index in [0.717, 1.165) is 82.8 Å². The summed E-state index contributed by atoms with van der Waals surface area (Å²) in [4.78, 5) is 34.1. The van der Waals surface area contributed by atoms with Crippen molar-refractivity contribution in [1.82, 2.24) is 24.8 Å². The molecule has 0 radical (unpaired) electrons. The lowest BCUT2D eigenvalue weighted by atomic mass is 10.1. The summed E-state index contributed by atoms with van der Waals surface area (Å²) in [5.74, 6) is 1.70. The summed E-state index contributed by atoms with van der Waals surface area (Å²) in [6.45, 7) is 5.33. The van der Waals surface area contributed by atoms with Gasteiger partial charge in [-0.2, -0.15) is 0 Å². The van der Waals surface area contributed by atoms with Crippen LogP contribution in [0.3, 0.4) is 0 Å². The molecule has 0 aliphatic carbocycles.